The minimum atomic E-state index is 0.404. The molecule has 1 aromatic heterocycles. The highest BCUT2D eigenvalue weighted by Gasteiger charge is 2.15. The van der Waals surface area contributed by atoms with Gasteiger partial charge in [-0.2, -0.15) is 0 Å². The molecule has 1 fully saturated rings. The van der Waals surface area contributed by atoms with Crippen LogP contribution in [0, 0.1) is 0 Å². The molecule has 86 valence electrons. The average Bonchev–Trinajstić information content (AvgIpc) is 2.31. The number of nitrogens with zero attached hydrogens (tertiary/aromatic N) is 3. The Bertz CT molecular complexity index is 359. The van der Waals surface area contributed by atoms with E-state index in [-0.39, 0.29) is 0 Å². The predicted molar refractivity (Wildman–Crippen MR) is 63.7 cm³/mol. The lowest BCUT2D eigenvalue weighted by molar-refractivity contribution is -0.107. The van der Waals surface area contributed by atoms with Crippen LogP contribution in [-0.2, 0) is 11.2 Å². The van der Waals surface area contributed by atoms with Crippen LogP contribution in [-0.4, -0.2) is 49.4 Å². The van der Waals surface area contributed by atoms with Crippen molar-refractivity contribution in [1.82, 2.24) is 9.88 Å². The van der Waals surface area contributed by atoms with Crippen LogP contribution in [0.5, 0.6) is 0 Å². The summed E-state index contributed by atoms with van der Waals surface area (Å²) in [6.07, 6.45) is 1.30. The van der Waals surface area contributed by atoms with E-state index in [9.17, 15) is 4.79 Å². The Morgan fingerprint density at radius 1 is 1.31 bits per heavy atom. The van der Waals surface area contributed by atoms with Gasteiger partial charge in [0.15, 0.2) is 0 Å². The van der Waals surface area contributed by atoms with E-state index in [0.29, 0.717) is 6.42 Å². The zero-order valence-electron chi connectivity index (χ0n) is 9.59. The van der Waals surface area contributed by atoms with E-state index in [1.54, 1.807) is 0 Å². The molecule has 1 aromatic rings. The Labute approximate surface area is 95.9 Å². The van der Waals surface area contributed by atoms with E-state index in [1.807, 2.05) is 18.2 Å². The van der Waals surface area contributed by atoms with Gasteiger partial charge < -0.3 is 14.6 Å². The lowest BCUT2D eigenvalue weighted by Gasteiger charge is -2.33. The Balaban J connectivity index is 2.08. The molecule has 4 heteroatoms. The summed E-state index contributed by atoms with van der Waals surface area (Å²) in [5.41, 5.74) is 0.853. The maximum Gasteiger partial charge on any atom is 0.128 e. The number of piperazine rings is 1. The predicted octanol–water partition coefficient (Wildman–Crippen LogP) is 0.575. The molecule has 0 bridgehead atoms. The van der Waals surface area contributed by atoms with Crippen LogP contribution < -0.4 is 4.90 Å². The average molecular weight is 219 g/mol. The number of anilines is 1. The number of likely N-dealkylation sites (N-methyl/N-ethyl adjacent to an activating group) is 1. The van der Waals surface area contributed by atoms with Crippen LogP contribution in [0.4, 0.5) is 5.82 Å². The number of hydrogen-bond acceptors (Lipinski definition) is 4. The third-order valence-electron chi connectivity index (χ3n) is 2.91. The molecule has 0 spiro atoms. The van der Waals surface area contributed by atoms with Crippen molar-refractivity contribution in [2.75, 3.05) is 38.1 Å². The van der Waals surface area contributed by atoms with Crippen molar-refractivity contribution in [2.45, 2.75) is 6.42 Å². The van der Waals surface area contributed by atoms with Gasteiger partial charge in [0.05, 0.1) is 0 Å². The maximum absolute atomic E-state index is 10.4. The van der Waals surface area contributed by atoms with Crippen molar-refractivity contribution in [1.29, 1.82) is 0 Å². The van der Waals surface area contributed by atoms with E-state index in [1.165, 1.54) is 0 Å². The highest BCUT2D eigenvalue weighted by Crippen LogP contribution is 2.13. The van der Waals surface area contributed by atoms with Gasteiger partial charge in [0.2, 0.25) is 0 Å². The molecule has 2 heterocycles. The highest BCUT2D eigenvalue weighted by molar-refractivity contribution is 5.54. The Morgan fingerprint density at radius 3 is 2.75 bits per heavy atom. The number of pyridine rings is 1. The number of aromatic nitrogens is 1. The molecule has 16 heavy (non-hydrogen) atoms. The van der Waals surface area contributed by atoms with Crippen LogP contribution in [0.15, 0.2) is 18.2 Å². The first-order chi connectivity index (χ1) is 7.79. The summed E-state index contributed by atoms with van der Waals surface area (Å²) in [6.45, 7) is 4.15. The third kappa shape index (κ3) is 2.58. The molecule has 0 amide bonds. The standard InChI is InChI=1S/C12H17N3O/c1-14-6-8-15(9-7-14)12-4-2-3-11(13-12)5-10-16/h2-4,10H,5-9H2,1H3. The van der Waals surface area contributed by atoms with Crippen molar-refractivity contribution in [2.24, 2.45) is 0 Å². The molecule has 0 aliphatic carbocycles. The first-order valence-corrected chi connectivity index (χ1v) is 5.62. The minimum Gasteiger partial charge on any atom is -0.354 e. The lowest BCUT2D eigenvalue weighted by atomic mass is 10.2. The summed E-state index contributed by atoms with van der Waals surface area (Å²) in [5.74, 6) is 0.993. The molecule has 0 radical (unpaired) electrons. The lowest BCUT2D eigenvalue weighted by Crippen LogP contribution is -2.44. The molecule has 4 nitrogen and oxygen atoms in total. The second-order valence-corrected chi connectivity index (χ2v) is 4.15. The number of carbonyl (C=O) groups is 1. The summed E-state index contributed by atoms with van der Waals surface area (Å²) in [5, 5.41) is 0. The Kier molecular flexibility index (Phi) is 3.51. The van der Waals surface area contributed by atoms with Crippen LogP contribution in [0.2, 0.25) is 0 Å². The smallest absolute Gasteiger partial charge is 0.128 e. The molecule has 0 aromatic carbocycles. The van der Waals surface area contributed by atoms with Crippen molar-refractivity contribution in [3.05, 3.63) is 23.9 Å². The fraction of sp³-hybridized carbons (Fsp3) is 0.500. The SMILES string of the molecule is CN1CCN(c2cccc(CC=O)n2)CC1. The Hall–Kier alpha value is -1.42. The fourth-order valence-corrected chi connectivity index (χ4v) is 1.88. The second kappa shape index (κ2) is 5.07. The van der Waals surface area contributed by atoms with E-state index >= 15 is 0 Å². The van der Waals surface area contributed by atoms with Crippen molar-refractivity contribution >= 4 is 12.1 Å². The highest BCUT2D eigenvalue weighted by atomic mass is 16.1. The van der Waals surface area contributed by atoms with Gasteiger partial charge in [0.1, 0.15) is 12.1 Å². The van der Waals surface area contributed by atoms with E-state index < -0.39 is 0 Å². The van der Waals surface area contributed by atoms with Gasteiger partial charge in [-0.1, -0.05) is 6.07 Å². The molecule has 2 rings (SSSR count). The summed E-state index contributed by atoms with van der Waals surface area (Å²) < 4.78 is 0. The molecular formula is C12H17N3O. The fourth-order valence-electron chi connectivity index (χ4n) is 1.88. The quantitative estimate of drug-likeness (QED) is 0.697. The molecule has 1 saturated heterocycles. The van der Waals surface area contributed by atoms with Crippen LogP contribution >= 0.6 is 0 Å². The number of hydrogen-bond donors (Lipinski definition) is 0. The first kappa shape index (κ1) is 11.1. The monoisotopic (exact) mass is 219 g/mol. The maximum atomic E-state index is 10.4. The third-order valence-corrected chi connectivity index (χ3v) is 2.91. The van der Waals surface area contributed by atoms with Gasteiger partial charge in [-0.15, -0.1) is 0 Å². The summed E-state index contributed by atoms with van der Waals surface area (Å²) in [6, 6.07) is 5.88. The van der Waals surface area contributed by atoms with Crippen LogP contribution in [0.3, 0.4) is 0 Å². The molecule has 0 atom stereocenters. The largest absolute Gasteiger partial charge is 0.354 e. The summed E-state index contributed by atoms with van der Waals surface area (Å²) in [4.78, 5) is 19.5. The van der Waals surface area contributed by atoms with Gasteiger partial charge in [0, 0.05) is 38.3 Å². The Morgan fingerprint density at radius 2 is 2.06 bits per heavy atom. The van der Waals surface area contributed by atoms with E-state index in [2.05, 4.69) is 21.8 Å². The molecule has 1 aliphatic rings. The normalized spacial score (nSPS) is 17.4. The zero-order chi connectivity index (χ0) is 11.4. The summed E-state index contributed by atoms with van der Waals surface area (Å²) in [7, 11) is 2.13. The van der Waals surface area contributed by atoms with E-state index in [0.717, 1.165) is 44.0 Å². The van der Waals surface area contributed by atoms with Gasteiger partial charge in [-0.3, -0.25) is 0 Å². The van der Waals surface area contributed by atoms with Crippen molar-refractivity contribution in [3.8, 4) is 0 Å². The van der Waals surface area contributed by atoms with Gasteiger partial charge >= 0.3 is 0 Å². The number of rotatable bonds is 3. The molecule has 0 N–H and O–H groups in total. The molecular weight excluding hydrogens is 202 g/mol. The van der Waals surface area contributed by atoms with Crippen LogP contribution in [0.25, 0.3) is 0 Å². The van der Waals surface area contributed by atoms with Gasteiger partial charge in [0.25, 0.3) is 0 Å². The topological polar surface area (TPSA) is 36.4 Å². The molecule has 1 aliphatic heterocycles. The van der Waals surface area contributed by atoms with Crippen LogP contribution in [0.1, 0.15) is 5.69 Å². The first-order valence-electron chi connectivity index (χ1n) is 5.62. The second-order valence-electron chi connectivity index (χ2n) is 4.15. The summed E-state index contributed by atoms with van der Waals surface area (Å²) >= 11 is 0. The minimum absolute atomic E-state index is 0.404. The van der Waals surface area contributed by atoms with Crippen molar-refractivity contribution in [3.63, 3.8) is 0 Å². The number of carbonyl (C=O) groups excluding carboxylic acids is 1. The molecule has 0 saturated carbocycles. The van der Waals surface area contributed by atoms with Gasteiger partial charge in [-0.25, -0.2) is 4.98 Å². The van der Waals surface area contributed by atoms with Gasteiger partial charge in [-0.05, 0) is 19.2 Å². The van der Waals surface area contributed by atoms with Crippen molar-refractivity contribution < 1.29 is 4.79 Å². The number of aldehydes is 1. The van der Waals surface area contributed by atoms with E-state index in [4.69, 9.17) is 0 Å². The zero-order valence-corrected chi connectivity index (χ0v) is 9.59. The molecule has 0 unspecified atom stereocenters.